The van der Waals surface area contributed by atoms with Crippen molar-refractivity contribution in [3.63, 3.8) is 0 Å². The van der Waals surface area contributed by atoms with Gasteiger partial charge in [-0.2, -0.15) is 0 Å². The lowest BCUT2D eigenvalue weighted by Crippen LogP contribution is -2.42. The molecule has 0 radical (unpaired) electrons. The predicted molar refractivity (Wildman–Crippen MR) is 36.7 cm³/mol. The predicted octanol–water partition coefficient (Wildman–Crippen LogP) is -0.517. The minimum absolute atomic E-state index is 0.250. The molecule has 5 nitrogen and oxygen atoms in total. The Bertz CT molecular complexity index is 181. The summed E-state index contributed by atoms with van der Waals surface area (Å²) in [5.74, 6) is 0. The molecule has 1 rings (SSSR count). The van der Waals surface area contributed by atoms with E-state index >= 15 is 0 Å². The van der Waals surface area contributed by atoms with Gasteiger partial charge in [-0.25, -0.2) is 9.69 Å². The Kier molecular flexibility index (Phi) is 2.09. The normalized spacial score (nSPS) is 24.1. The number of amides is 2. The van der Waals surface area contributed by atoms with E-state index in [2.05, 4.69) is 4.74 Å². The highest BCUT2D eigenvalue weighted by molar-refractivity contribution is 5.82. The minimum Gasteiger partial charge on any atom is -0.445 e. The van der Waals surface area contributed by atoms with Crippen LogP contribution in [-0.4, -0.2) is 49.2 Å². The number of carbonyl (C=O) groups excluding carboxylic acids is 2. The monoisotopic (exact) mass is 158 g/mol. The lowest BCUT2D eigenvalue weighted by atomic mass is 10.5. The Labute approximate surface area is 64.5 Å². The molecule has 5 heteroatoms. The molecule has 0 aromatic carbocycles. The van der Waals surface area contributed by atoms with Gasteiger partial charge in [0.2, 0.25) is 6.41 Å². The van der Waals surface area contributed by atoms with E-state index in [9.17, 15) is 9.59 Å². The van der Waals surface area contributed by atoms with Gasteiger partial charge in [-0.3, -0.25) is 9.69 Å². The van der Waals surface area contributed by atoms with Gasteiger partial charge in [0.25, 0.3) is 0 Å². The van der Waals surface area contributed by atoms with Crippen molar-refractivity contribution in [2.24, 2.45) is 0 Å². The van der Waals surface area contributed by atoms with Crippen LogP contribution in [-0.2, 0) is 9.53 Å². The molecule has 0 spiro atoms. The third kappa shape index (κ3) is 1.32. The van der Waals surface area contributed by atoms with Crippen molar-refractivity contribution in [2.75, 3.05) is 20.7 Å². The molecule has 1 aliphatic rings. The summed E-state index contributed by atoms with van der Waals surface area (Å²) in [4.78, 5) is 23.9. The van der Waals surface area contributed by atoms with Gasteiger partial charge in [0.05, 0.1) is 0 Å². The van der Waals surface area contributed by atoms with Crippen molar-refractivity contribution in [1.82, 2.24) is 9.80 Å². The quantitative estimate of drug-likeness (QED) is 0.507. The molecular weight excluding hydrogens is 148 g/mol. The first-order valence-electron chi connectivity index (χ1n) is 3.23. The lowest BCUT2D eigenvalue weighted by molar-refractivity contribution is -0.118. The third-order valence-electron chi connectivity index (χ3n) is 1.60. The average Bonchev–Trinajstić information content (AvgIpc) is 2.30. The molecule has 1 aliphatic heterocycles. The highest BCUT2D eigenvalue weighted by Crippen LogP contribution is 2.10. The van der Waals surface area contributed by atoms with E-state index in [1.807, 2.05) is 0 Å². The van der Waals surface area contributed by atoms with Crippen LogP contribution in [0.2, 0.25) is 0 Å². The Morgan fingerprint density at radius 1 is 1.73 bits per heavy atom. The fraction of sp³-hybridized carbons (Fsp3) is 0.667. The number of hydrogen-bond donors (Lipinski definition) is 0. The van der Waals surface area contributed by atoms with Gasteiger partial charge >= 0.3 is 6.09 Å². The number of cyclic esters (lactones) is 1. The van der Waals surface area contributed by atoms with Crippen LogP contribution in [0, 0.1) is 0 Å². The molecule has 1 atom stereocenters. The molecule has 1 heterocycles. The number of nitrogens with zero attached hydrogens (tertiary/aromatic N) is 2. The molecule has 1 fully saturated rings. The van der Waals surface area contributed by atoms with Crippen LogP contribution in [0.25, 0.3) is 0 Å². The fourth-order valence-corrected chi connectivity index (χ4v) is 0.933. The number of likely N-dealkylation sites (N-methyl/N-ethyl adjacent to an activating group) is 1. The summed E-state index contributed by atoms with van der Waals surface area (Å²) in [6.45, 7) is 0.255. The minimum atomic E-state index is -0.571. The van der Waals surface area contributed by atoms with Gasteiger partial charge in [0.15, 0.2) is 0 Å². The van der Waals surface area contributed by atoms with Crippen LogP contribution < -0.4 is 0 Å². The van der Waals surface area contributed by atoms with Crippen molar-refractivity contribution in [3.05, 3.63) is 0 Å². The molecule has 0 aliphatic carbocycles. The van der Waals surface area contributed by atoms with Crippen molar-refractivity contribution >= 4 is 12.5 Å². The van der Waals surface area contributed by atoms with Gasteiger partial charge in [0, 0.05) is 0 Å². The third-order valence-corrected chi connectivity index (χ3v) is 1.60. The van der Waals surface area contributed by atoms with Gasteiger partial charge in [0.1, 0.15) is 12.8 Å². The highest BCUT2D eigenvalue weighted by atomic mass is 16.6. The molecule has 0 bridgehead atoms. The van der Waals surface area contributed by atoms with E-state index in [-0.39, 0.29) is 12.8 Å². The summed E-state index contributed by atoms with van der Waals surface area (Å²) in [5.41, 5.74) is 0. The molecule has 11 heavy (non-hydrogen) atoms. The van der Waals surface area contributed by atoms with Crippen molar-refractivity contribution in [3.8, 4) is 0 Å². The van der Waals surface area contributed by atoms with Gasteiger partial charge < -0.3 is 4.74 Å². The second-order valence-corrected chi connectivity index (χ2v) is 2.53. The zero-order valence-corrected chi connectivity index (χ0v) is 6.48. The van der Waals surface area contributed by atoms with Crippen LogP contribution in [0.3, 0.4) is 0 Å². The summed E-state index contributed by atoms with van der Waals surface area (Å²) < 4.78 is 4.64. The molecule has 0 N–H and O–H groups in total. The van der Waals surface area contributed by atoms with Crippen molar-refractivity contribution in [1.29, 1.82) is 0 Å². The zero-order valence-electron chi connectivity index (χ0n) is 6.48. The maximum Gasteiger partial charge on any atom is 0.417 e. The topological polar surface area (TPSA) is 49.9 Å². The van der Waals surface area contributed by atoms with Crippen LogP contribution in [0.15, 0.2) is 0 Å². The first-order valence-corrected chi connectivity index (χ1v) is 3.23. The second-order valence-electron chi connectivity index (χ2n) is 2.53. The molecule has 1 unspecified atom stereocenters. The smallest absolute Gasteiger partial charge is 0.417 e. The first-order chi connectivity index (χ1) is 5.16. The number of hydrogen-bond acceptors (Lipinski definition) is 4. The van der Waals surface area contributed by atoms with Gasteiger partial charge in [-0.15, -0.1) is 0 Å². The Morgan fingerprint density at radius 3 is 2.73 bits per heavy atom. The van der Waals surface area contributed by atoms with Crippen molar-refractivity contribution < 1.29 is 14.3 Å². The lowest BCUT2D eigenvalue weighted by Gasteiger charge is -2.21. The van der Waals surface area contributed by atoms with E-state index in [1.165, 1.54) is 0 Å². The largest absolute Gasteiger partial charge is 0.445 e. The Morgan fingerprint density at radius 2 is 2.36 bits per heavy atom. The maximum absolute atomic E-state index is 10.8. The van der Waals surface area contributed by atoms with Gasteiger partial charge in [-0.05, 0) is 14.1 Å². The summed E-state index contributed by atoms with van der Waals surface area (Å²) in [7, 11) is 3.56. The molecule has 2 amide bonds. The van der Waals surface area contributed by atoms with E-state index in [4.69, 9.17) is 0 Å². The summed E-state index contributed by atoms with van der Waals surface area (Å²) in [6, 6.07) is 0. The maximum atomic E-state index is 10.8. The molecule has 0 saturated carbocycles. The molecule has 62 valence electrons. The Balaban J connectivity index is 2.68. The molecular formula is C6H10N2O3. The van der Waals surface area contributed by atoms with Crippen LogP contribution in [0.5, 0.6) is 0 Å². The summed E-state index contributed by atoms with van der Waals surface area (Å²) in [5, 5.41) is 0. The zero-order chi connectivity index (χ0) is 8.43. The van der Waals surface area contributed by atoms with Crippen molar-refractivity contribution in [2.45, 2.75) is 6.17 Å². The SMILES string of the molecule is CN(C)C1COC(=O)N1C=O. The van der Waals surface area contributed by atoms with E-state index < -0.39 is 6.09 Å². The van der Waals surface area contributed by atoms with Crippen LogP contribution >= 0.6 is 0 Å². The second kappa shape index (κ2) is 2.87. The first kappa shape index (κ1) is 8.00. The van der Waals surface area contributed by atoms with Crippen LogP contribution in [0.1, 0.15) is 0 Å². The molecule has 0 aromatic rings. The summed E-state index contributed by atoms with van der Waals surface area (Å²) >= 11 is 0. The number of carbonyl (C=O) groups is 2. The standard InChI is InChI=1S/C6H10N2O3/c1-7(2)5-3-11-6(10)8(5)4-9/h4-5H,3H2,1-2H3. The fourth-order valence-electron chi connectivity index (χ4n) is 0.933. The number of rotatable bonds is 2. The average molecular weight is 158 g/mol. The van der Waals surface area contributed by atoms with E-state index in [0.717, 1.165) is 4.90 Å². The number of imide groups is 1. The Hall–Kier alpha value is -1.10. The van der Waals surface area contributed by atoms with E-state index in [0.29, 0.717) is 6.41 Å². The molecule has 0 aromatic heterocycles. The van der Waals surface area contributed by atoms with Crippen LogP contribution in [0.4, 0.5) is 4.79 Å². The number of ether oxygens (including phenoxy) is 1. The molecule has 1 saturated heterocycles. The summed E-state index contributed by atoms with van der Waals surface area (Å²) in [6.07, 6.45) is -0.335. The highest BCUT2D eigenvalue weighted by Gasteiger charge is 2.33. The van der Waals surface area contributed by atoms with E-state index in [1.54, 1.807) is 19.0 Å². The van der Waals surface area contributed by atoms with Gasteiger partial charge in [-0.1, -0.05) is 0 Å².